The standard InChI is InChI=1S/C28H34F4N2O4/c1-3-36-25(27(35)37-4-2)13-18-5-8-21(9-6-18)38-12-11-33-26-22-16-34(17-23(22)26)15-19-14-20(28(30,31)32)7-10-24(19)29/h5-10,14,22-23,25-26,33H,3-4,11-13,15-17H2,1-2H3/t22-,23-,25-/m0/s1. The summed E-state index contributed by atoms with van der Waals surface area (Å²) < 4.78 is 69.3. The number of fused-ring (bicyclic) bond motifs is 1. The summed E-state index contributed by atoms with van der Waals surface area (Å²) >= 11 is 0. The van der Waals surface area contributed by atoms with Crippen molar-refractivity contribution in [3.8, 4) is 5.75 Å². The number of nitrogens with zero attached hydrogens (tertiary/aromatic N) is 1. The summed E-state index contributed by atoms with van der Waals surface area (Å²) in [7, 11) is 0. The molecule has 0 bridgehead atoms. The lowest BCUT2D eigenvalue weighted by molar-refractivity contribution is -0.156. The van der Waals surface area contributed by atoms with Gasteiger partial charge in [-0.15, -0.1) is 0 Å². The zero-order chi connectivity index (χ0) is 27.3. The van der Waals surface area contributed by atoms with E-state index in [4.69, 9.17) is 14.2 Å². The molecule has 0 unspecified atom stereocenters. The van der Waals surface area contributed by atoms with E-state index in [1.807, 2.05) is 36.1 Å². The molecule has 0 radical (unpaired) electrons. The monoisotopic (exact) mass is 538 g/mol. The fourth-order valence-electron chi connectivity index (χ4n) is 5.14. The molecule has 1 N–H and O–H groups in total. The number of halogens is 4. The van der Waals surface area contributed by atoms with Crippen LogP contribution >= 0.6 is 0 Å². The van der Waals surface area contributed by atoms with Gasteiger partial charge in [-0.2, -0.15) is 13.2 Å². The summed E-state index contributed by atoms with van der Waals surface area (Å²) in [5.74, 6) is 0.592. The highest BCUT2D eigenvalue weighted by molar-refractivity contribution is 5.75. The first-order valence-corrected chi connectivity index (χ1v) is 13.0. The van der Waals surface area contributed by atoms with E-state index < -0.39 is 23.7 Å². The van der Waals surface area contributed by atoms with Crippen molar-refractivity contribution in [1.29, 1.82) is 0 Å². The normalized spacial score (nSPS) is 21.7. The van der Waals surface area contributed by atoms with Gasteiger partial charge in [-0.05, 0) is 61.6 Å². The molecular formula is C28H34F4N2O4. The quantitative estimate of drug-likeness (QED) is 0.231. The lowest BCUT2D eigenvalue weighted by Gasteiger charge is -2.21. The van der Waals surface area contributed by atoms with Crippen molar-refractivity contribution >= 4 is 5.97 Å². The molecule has 10 heteroatoms. The van der Waals surface area contributed by atoms with E-state index in [1.165, 1.54) is 0 Å². The van der Waals surface area contributed by atoms with Gasteiger partial charge >= 0.3 is 12.1 Å². The molecule has 0 spiro atoms. The summed E-state index contributed by atoms with van der Waals surface area (Å²) in [6, 6.07) is 10.5. The zero-order valence-electron chi connectivity index (χ0n) is 21.6. The predicted octanol–water partition coefficient (Wildman–Crippen LogP) is 4.45. The Morgan fingerprint density at radius 2 is 1.79 bits per heavy atom. The fraction of sp³-hybridized carbons (Fsp3) is 0.536. The van der Waals surface area contributed by atoms with E-state index in [0.717, 1.165) is 42.6 Å². The van der Waals surface area contributed by atoms with Gasteiger partial charge in [0, 0.05) is 50.8 Å². The van der Waals surface area contributed by atoms with Crippen LogP contribution in [0.5, 0.6) is 5.75 Å². The van der Waals surface area contributed by atoms with Gasteiger partial charge in [-0.1, -0.05) is 12.1 Å². The summed E-state index contributed by atoms with van der Waals surface area (Å²) in [5, 5.41) is 3.49. The smallest absolute Gasteiger partial charge is 0.416 e. The molecule has 3 atom stereocenters. The lowest BCUT2D eigenvalue weighted by atomic mass is 10.1. The summed E-state index contributed by atoms with van der Waals surface area (Å²) in [6.07, 6.45) is -4.68. The van der Waals surface area contributed by atoms with E-state index in [-0.39, 0.29) is 18.1 Å². The zero-order valence-corrected chi connectivity index (χ0v) is 21.6. The van der Waals surface area contributed by atoms with Gasteiger partial charge in [0.05, 0.1) is 12.2 Å². The van der Waals surface area contributed by atoms with Crippen molar-refractivity contribution in [3.63, 3.8) is 0 Å². The Balaban J connectivity index is 1.15. The van der Waals surface area contributed by atoms with Crippen LogP contribution in [-0.2, 0) is 33.4 Å². The molecular weight excluding hydrogens is 504 g/mol. The maximum Gasteiger partial charge on any atom is 0.416 e. The first-order chi connectivity index (χ1) is 18.2. The third-order valence-corrected chi connectivity index (χ3v) is 7.05. The Bertz CT molecular complexity index is 1070. The van der Waals surface area contributed by atoms with Gasteiger partial charge in [-0.3, -0.25) is 4.90 Å². The maximum absolute atomic E-state index is 14.1. The van der Waals surface area contributed by atoms with Gasteiger partial charge in [0.2, 0.25) is 0 Å². The van der Waals surface area contributed by atoms with Gasteiger partial charge in [-0.25, -0.2) is 9.18 Å². The molecule has 1 aliphatic heterocycles. The van der Waals surface area contributed by atoms with Crippen LogP contribution in [0.4, 0.5) is 17.6 Å². The molecule has 2 aliphatic rings. The molecule has 38 heavy (non-hydrogen) atoms. The van der Waals surface area contributed by atoms with Crippen LogP contribution in [-0.4, -0.2) is 62.5 Å². The Morgan fingerprint density at radius 3 is 2.42 bits per heavy atom. The minimum absolute atomic E-state index is 0.0827. The van der Waals surface area contributed by atoms with Gasteiger partial charge in [0.1, 0.15) is 18.2 Å². The van der Waals surface area contributed by atoms with Crippen molar-refractivity contribution in [1.82, 2.24) is 10.2 Å². The van der Waals surface area contributed by atoms with Gasteiger partial charge < -0.3 is 19.5 Å². The van der Waals surface area contributed by atoms with E-state index in [2.05, 4.69) is 5.32 Å². The molecule has 2 fully saturated rings. The van der Waals surface area contributed by atoms with Crippen LogP contribution in [0.3, 0.4) is 0 Å². The highest BCUT2D eigenvalue weighted by atomic mass is 19.4. The average molecular weight is 539 g/mol. The number of rotatable bonds is 13. The van der Waals surface area contributed by atoms with Crippen LogP contribution in [0.25, 0.3) is 0 Å². The first kappa shape index (κ1) is 28.3. The number of ether oxygens (including phenoxy) is 3. The number of hydrogen-bond acceptors (Lipinski definition) is 6. The fourth-order valence-corrected chi connectivity index (χ4v) is 5.14. The van der Waals surface area contributed by atoms with Crippen LogP contribution < -0.4 is 10.1 Å². The van der Waals surface area contributed by atoms with Gasteiger partial charge in [0.25, 0.3) is 0 Å². The summed E-state index contributed by atoms with van der Waals surface area (Å²) in [5.41, 5.74) is 0.209. The molecule has 2 aromatic carbocycles. The SMILES string of the molecule is CCOC(=O)[C@H](Cc1ccc(OCCNC2[C@H]3CN(Cc4cc(C(F)(F)F)ccc4F)C[C@H]23)cc1)OCC. The third-order valence-electron chi connectivity index (χ3n) is 7.05. The van der Waals surface area contributed by atoms with Crippen LogP contribution in [0.2, 0.25) is 0 Å². The molecule has 1 heterocycles. The average Bonchev–Trinajstić information content (AvgIpc) is 3.32. The Kier molecular flexibility index (Phi) is 9.27. The minimum Gasteiger partial charge on any atom is -0.492 e. The summed E-state index contributed by atoms with van der Waals surface area (Å²) in [4.78, 5) is 14.1. The van der Waals surface area contributed by atoms with Crippen molar-refractivity contribution in [2.45, 2.75) is 45.1 Å². The molecule has 0 amide bonds. The lowest BCUT2D eigenvalue weighted by Crippen LogP contribution is -2.33. The van der Waals surface area contributed by atoms with Crippen LogP contribution in [0, 0.1) is 17.7 Å². The van der Waals surface area contributed by atoms with Crippen LogP contribution in [0.1, 0.15) is 30.5 Å². The summed E-state index contributed by atoms with van der Waals surface area (Å²) in [6.45, 7) is 7.12. The number of alkyl halides is 3. The molecule has 4 rings (SSSR count). The number of piperidine rings is 1. The molecule has 1 aliphatic carbocycles. The molecule has 1 saturated carbocycles. The number of nitrogens with one attached hydrogen (secondary N) is 1. The van der Waals surface area contributed by atoms with Crippen LogP contribution in [0.15, 0.2) is 42.5 Å². The second kappa shape index (κ2) is 12.4. The number of esters is 1. The van der Waals surface area contributed by atoms with Crippen molar-refractivity contribution in [2.24, 2.45) is 11.8 Å². The minimum atomic E-state index is -4.48. The number of hydrogen-bond donors (Lipinski definition) is 1. The highest BCUT2D eigenvalue weighted by Gasteiger charge is 2.55. The largest absolute Gasteiger partial charge is 0.492 e. The Labute approximate surface area is 220 Å². The second-order valence-corrected chi connectivity index (χ2v) is 9.70. The van der Waals surface area contributed by atoms with E-state index in [0.29, 0.717) is 50.7 Å². The third kappa shape index (κ3) is 7.24. The Morgan fingerprint density at radius 1 is 1.08 bits per heavy atom. The molecule has 1 saturated heterocycles. The van der Waals surface area contributed by atoms with E-state index >= 15 is 0 Å². The molecule has 2 aromatic rings. The molecule has 6 nitrogen and oxygen atoms in total. The topological polar surface area (TPSA) is 60.0 Å². The highest BCUT2D eigenvalue weighted by Crippen LogP contribution is 2.46. The van der Waals surface area contributed by atoms with E-state index in [9.17, 15) is 22.4 Å². The van der Waals surface area contributed by atoms with E-state index in [1.54, 1.807) is 6.92 Å². The number of likely N-dealkylation sites (tertiary alicyclic amines) is 1. The Hall–Kier alpha value is -2.69. The number of carbonyl (C=O) groups excluding carboxylic acids is 1. The van der Waals surface area contributed by atoms with Crippen molar-refractivity contribution in [3.05, 3.63) is 65.0 Å². The molecule has 208 valence electrons. The first-order valence-electron chi connectivity index (χ1n) is 13.0. The number of benzene rings is 2. The second-order valence-electron chi connectivity index (χ2n) is 9.70. The number of carbonyl (C=O) groups is 1. The van der Waals surface area contributed by atoms with Crippen molar-refractivity contribution in [2.75, 3.05) is 39.5 Å². The maximum atomic E-state index is 14.1. The predicted molar refractivity (Wildman–Crippen MR) is 133 cm³/mol. The van der Waals surface area contributed by atoms with Crippen molar-refractivity contribution < 1.29 is 36.6 Å². The van der Waals surface area contributed by atoms with Gasteiger partial charge in [0.15, 0.2) is 6.10 Å². The molecule has 0 aromatic heterocycles.